The molecule has 0 radical (unpaired) electrons. The molecule has 0 heterocycles. The monoisotopic (exact) mass is 313 g/mol. The maximum atomic E-state index is 12.2. The number of nitrogens with one attached hydrogen (secondary N) is 2. The minimum atomic E-state index is -0.724. The van der Waals surface area contributed by atoms with Crippen LogP contribution < -0.4 is 10.6 Å². The van der Waals surface area contributed by atoms with Gasteiger partial charge in [-0.15, -0.1) is 0 Å². The summed E-state index contributed by atoms with van der Waals surface area (Å²) in [5, 5.41) is 15.1. The van der Waals surface area contributed by atoms with E-state index in [-0.39, 0.29) is 24.3 Å². The van der Waals surface area contributed by atoms with E-state index in [2.05, 4.69) is 16.7 Å². The van der Waals surface area contributed by atoms with Gasteiger partial charge in [-0.3, -0.25) is 9.59 Å². The van der Waals surface area contributed by atoms with Crippen LogP contribution in [-0.4, -0.2) is 23.4 Å². The molecule has 0 spiro atoms. The van der Waals surface area contributed by atoms with Gasteiger partial charge >= 0.3 is 0 Å². The normalized spacial score (nSPS) is 17.6. The van der Waals surface area contributed by atoms with Gasteiger partial charge in [-0.25, -0.2) is 0 Å². The van der Waals surface area contributed by atoms with Crippen molar-refractivity contribution in [3.8, 4) is 6.07 Å². The van der Waals surface area contributed by atoms with Gasteiger partial charge in [0.2, 0.25) is 5.91 Å². The molecule has 1 saturated carbocycles. The van der Waals surface area contributed by atoms with Crippen molar-refractivity contribution in [2.45, 2.75) is 57.0 Å². The summed E-state index contributed by atoms with van der Waals surface area (Å²) in [6.45, 7) is 1.79. The fourth-order valence-electron chi connectivity index (χ4n) is 2.96. The second-order valence-corrected chi connectivity index (χ2v) is 6.25. The number of nitrogens with zero attached hydrogens (tertiary/aromatic N) is 1. The lowest BCUT2D eigenvalue weighted by molar-refractivity contribution is -0.123. The number of rotatable bonds is 5. The zero-order chi connectivity index (χ0) is 16.7. The Bertz CT molecular complexity index is 586. The van der Waals surface area contributed by atoms with E-state index in [0.29, 0.717) is 18.4 Å². The molecule has 122 valence electrons. The van der Waals surface area contributed by atoms with Gasteiger partial charge in [-0.1, -0.05) is 37.5 Å². The van der Waals surface area contributed by atoms with Gasteiger partial charge in [0, 0.05) is 18.0 Å². The first-order chi connectivity index (χ1) is 11.0. The molecule has 1 atom stereocenters. The minimum absolute atomic E-state index is 0.169. The van der Waals surface area contributed by atoms with E-state index < -0.39 is 5.54 Å². The molecule has 0 unspecified atom stereocenters. The Morgan fingerprint density at radius 3 is 2.48 bits per heavy atom. The van der Waals surface area contributed by atoms with E-state index in [1.165, 1.54) is 0 Å². The van der Waals surface area contributed by atoms with Gasteiger partial charge in [0.1, 0.15) is 5.54 Å². The molecule has 2 rings (SSSR count). The zero-order valence-electron chi connectivity index (χ0n) is 13.5. The lowest BCUT2D eigenvalue weighted by atomic mass is 9.82. The average molecular weight is 313 g/mol. The molecule has 2 N–H and O–H groups in total. The third-order valence-corrected chi connectivity index (χ3v) is 4.20. The summed E-state index contributed by atoms with van der Waals surface area (Å²) in [5.41, 5.74) is -0.154. The number of amides is 2. The molecule has 5 heteroatoms. The molecular weight excluding hydrogens is 290 g/mol. The van der Waals surface area contributed by atoms with Crippen LogP contribution in [0.2, 0.25) is 0 Å². The van der Waals surface area contributed by atoms with E-state index >= 15 is 0 Å². The van der Waals surface area contributed by atoms with Crippen molar-refractivity contribution < 1.29 is 9.59 Å². The second kappa shape index (κ2) is 7.77. The van der Waals surface area contributed by atoms with Crippen LogP contribution in [0.3, 0.4) is 0 Å². The van der Waals surface area contributed by atoms with Gasteiger partial charge in [-0.2, -0.15) is 5.26 Å². The second-order valence-electron chi connectivity index (χ2n) is 6.25. The van der Waals surface area contributed by atoms with Gasteiger partial charge in [0.05, 0.1) is 6.07 Å². The summed E-state index contributed by atoms with van der Waals surface area (Å²) in [4.78, 5) is 24.2. The van der Waals surface area contributed by atoms with Crippen molar-refractivity contribution >= 4 is 11.8 Å². The molecule has 1 aromatic carbocycles. The number of hydrogen-bond donors (Lipinski definition) is 2. The Balaban J connectivity index is 1.85. The lowest BCUT2D eigenvalue weighted by Gasteiger charge is -2.32. The first kappa shape index (κ1) is 17.0. The average Bonchev–Trinajstić information content (AvgIpc) is 2.56. The van der Waals surface area contributed by atoms with Crippen LogP contribution in [0.5, 0.6) is 0 Å². The molecule has 23 heavy (non-hydrogen) atoms. The Kier molecular flexibility index (Phi) is 5.75. The number of carbonyl (C=O) groups excluding carboxylic acids is 2. The maximum absolute atomic E-state index is 12.2. The Hall–Kier alpha value is -2.35. The van der Waals surface area contributed by atoms with Gasteiger partial charge in [-0.05, 0) is 31.9 Å². The van der Waals surface area contributed by atoms with Gasteiger partial charge in [0.15, 0.2) is 0 Å². The fraction of sp³-hybridized carbons (Fsp3) is 0.500. The quantitative estimate of drug-likeness (QED) is 0.876. The standard InChI is InChI=1S/C18H23N3O2/c1-14(20-17(23)15-8-4-2-5-9-15)12-16(22)21-18(13-19)10-6-3-7-11-18/h2,4-5,8-9,14H,3,6-7,10-12H2,1H3,(H,20,23)(H,21,22)/t14-/m0/s1. The van der Waals surface area contributed by atoms with Crippen LogP contribution in [0.25, 0.3) is 0 Å². The van der Waals surface area contributed by atoms with Crippen LogP contribution in [0.1, 0.15) is 55.8 Å². The predicted octanol–water partition coefficient (Wildman–Crippen LogP) is 2.54. The van der Waals surface area contributed by atoms with Crippen molar-refractivity contribution in [2.24, 2.45) is 0 Å². The van der Waals surface area contributed by atoms with E-state index in [1.807, 2.05) is 6.07 Å². The third kappa shape index (κ3) is 4.82. The van der Waals surface area contributed by atoms with Gasteiger partial charge < -0.3 is 10.6 Å². The smallest absolute Gasteiger partial charge is 0.251 e. The summed E-state index contributed by atoms with van der Waals surface area (Å²) in [6.07, 6.45) is 4.63. The minimum Gasteiger partial charge on any atom is -0.349 e. The molecule has 1 aliphatic carbocycles. The molecule has 0 aliphatic heterocycles. The molecule has 0 aromatic heterocycles. The predicted molar refractivity (Wildman–Crippen MR) is 87.6 cm³/mol. The molecule has 2 amide bonds. The van der Waals surface area contributed by atoms with Crippen LogP contribution in [0.4, 0.5) is 0 Å². The summed E-state index contributed by atoms with van der Waals surface area (Å²) in [5.74, 6) is -0.382. The molecule has 0 bridgehead atoms. The van der Waals surface area contributed by atoms with Crippen molar-refractivity contribution in [1.29, 1.82) is 5.26 Å². The zero-order valence-corrected chi connectivity index (χ0v) is 13.5. The van der Waals surface area contributed by atoms with Crippen LogP contribution in [0.15, 0.2) is 30.3 Å². The summed E-state index contributed by atoms with van der Waals surface area (Å²) < 4.78 is 0. The Morgan fingerprint density at radius 2 is 1.87 bits per heavy atom. The number of nitriles is 1. The van der Waals surface area contributed by atoms with Crippen molar-refractivity contribution in [1.82, 2.24) is 10.6 Å². The van der Waals surface area contributed by atoms with Crippen LogP contribution in [-0.2, 0) is 4.79 Å². The summed E-state index contributed by atoms with van der Waals surface area (Å²) in [6, 6.07) is 10.9. The van der Waals surface area contributed by atoms with E-state index in [1.54, 1.807) is 31.2 Å². The summed E-state index contributed by atoms with van der Waals surface area (Å²) >= 11 is 0. The highest BCUT2D eigenvalue weighted by atomic mass is 16.2. The van der Waals surface area contributed by atoms with E-state index in [0.717, 1.165) is 19.3 Å². The van der Waals surface area contributed by atoms with E-state index in [9.17, 15) is 14.9 Å². The molecule has 5 nitrogen and oxygen atoms in total. The molecule has 0 saturated heterocycles. The number of carbonyl (C=O) groups is 2. The highest BCUT2D eigenvalue weighted by molar-refractivity contribution is 5.94. The third-order valence-electron chi connectivity index (χ3n) is 4.20. The maximum Gasteiger partial charge on any atom is 0.251 e. The van der Waals surface area contributed by atoms with Crippen LogP contribution in [0, 0.1) is 11.3 Å². The summed E-state index contributed by atoms with van der Waals surface area (Å²) in [7, 11) is 0. The molecule has 1 fully saturated rings. The van der Waals surface area contributed by atoms with Crippen LogP contribution >= 0.6 is 0 Å². The highest BCUT2D eigenvalue weighted by Gasteiger charge is 2.33. The number of hydrogen-bond acceptors (Lipinski definition) is 3. The first-order valence-corrected chi connectivity index (χ1v) is 8.13. The van der Waals surface area contributed by atoms with Gasteiger partial charge in [0.25, 0.3) is 5.91 Å². The molecule has 1 aliphatic rings. The largest absolute Gasteiger partial charge is 0.349 e. The van der Waals surface area contributed by atoms with Crippen molar-refractivity contribution in [3.63, 3.8) is 0 Å². The SMILES string of the molecule is C[C@@H](CC(=O)NC1(C#N)CCCCC1)NC(=O)c1ccccc1. The Labute approximate surface area is 137 Å². The highest BCUT2D eigenvalue weighted by Crippen LogP contribution is 2.27. The van der Waals surface area contributed by atoms with Crippen molar-refractivity contribution in [3.05, 3.63) is 35.9 Å². The lowest BCUT2D eigenvalue weighted by Crippen LogP contribution is -2.50. The topological polar surface area (TPSA) is 82.0 Å². The fourth-order valence-corrected chi connectivity index (χ4v) is 2.96. The first-order valence-electron chi connectivity index (χ1n) is 8.13. The number of benzene rings is 1. The molecule has 1 aromatic rings. The Morgan fingerprint density at radius 1 is 1.22 bits per heavy atom. The molecular formula is C18H23N3O2. The van der Waals surface area contributed by atoms with Crippen molar-refractivity contribution in [2.75, 3.05) is 0 Å². The van der Waals surface area contributed by atoms with E-state index in [4.69, 9.17) is 0 Å².